The van der Waals surface area contributed by atoms with Crippen molar-refractivity contribution in [3.8, 4) is 0 Å². The van der Waals surface area contributed by atoms with Crippen molar-refractivity contribution < 1.29 is 14.0 Å². The quantitative estimate of drug-likeness (QED) is 0.714. The lowest BCUT2D eigenvalue weighted by Gasteiger charge is -2.33. The molecule has 6 heteroatoms. The van der Waals surface area contributed by atoms with Crippen molar-refractivity contribution in [2.75, 3.05) is 24.5 Å². The summed E-state index contributed by atoms with van der Waals surface area (Å²) >= 11 is 0. The molecule has 154 valence electrons. The number of anilines is 1. The van der Waals surface area contributed by atoms with Crippen LogP contribution in [0.5, 0.6) is 0 Å². The summed E-state index contributed by atoms with van der Waals surface area (Å²) in [6, 6.07) is 16.7. The van der Waals surface area contributed by atoms with Crippen LogP contribution in [0, 0.1) is 11.7 Å². The summed E-state index contributed by atoms with van der Waals surface area (Å²) in [5.74, 6) is -0.606. The largest absolute Gasteiger partial charge is 0.358 e. The van der Waals surface area contributed by atoms with E-state index in [-0.39, 0.29) is 30.5 Å². The summed E-state index contributed by atoms with van der Waals surface area (Å²) < 4.78 is 14.1. The molecule has 2 amide bonds. The number of para-hydroxylation sites is 2. The van der Waals surface area contributed by atoms with E-state index in [1.807, 2.05) is 17.0 Å². The molecule has 1 unspecified atom stereocenters. The summed E-state index contributed by atoms with van der Waals surface area (Å²) in [4.78, 5) is 32.3. The molecule has 0 spiro atoms. The van der Waals surface area contributed by atoms with Gasteiger partial charge in [0.05, 0.1) is 11.6 Å². The number of carbonyl (C=O) groups is 2. The van der Waals surface area contributed by atoms with E-state index in [4.69, 9.17) is 0 Å². The second-order valence-electron chi connectivity index (χ2n) is 8.27. The van der Waals surface area contributed by atoms with Crippen LogP contribution in [0.15, 0.2) is 54.6 Å². The van der Waals surface area contributed by atoms with E-state index >= 15 is 0 Å². The van der Waals surface area contributed by atoms with Crippen molar-refractivity contribution in [2.45, 2.75) is 25.2 Å². The molecule has 2 saturated heterocycles. The maximum Gasteiger partial charge on any atom is 0.228 e. The summed E-state index contributed by atoms with van der Waals surface area (Å²) in [5.41, 5.74) is 2.63. The number of halogens is 1. The molecular weight excluding hydrogens is 381 g/mol. The number of hydrogen-bond acceptors (Lipinski definition) is 2. The zero-order valence-electron chi connectivity index (χ0n) is 16.7. The van der Waals surface area contributed by atoms with Crippen molar-refractivity contribution in [3.05, 3.63) is 66.1 Å². The molecule has 0 saturated carbocycles. The van der Waals surface area contributed by atoms with Gasteiger partial charge >= 0.3 is 0 Å². The van der Waals surface area contributed by atoms with E-state index in [0.717, 1.165) is 18.4 Å². The molecule has 1 atom stereocenters. The van der Waals surface area contributed by atoms with Crippen molar-refractivity contribution in [2.24, 2.45) is 5.92 Å². The Kier molecular flexibility index (Phi) is 4.77. The topological polar surface area (TPSA) is 56.4 Å². The van der Waals surface area contributed by atoms with E-state index in [0.29, 0.717) is 19.0 Å². The number of piperidine rings is 1. The SMILES string of the molecule is O=C(C1CC(=O)N(c2ccccc2F)C1)N1CCC(c2cc3ccccc3[nH]2)CC1. The van der Waals surface area contributed by atoms with Gasteiger partial charge in [-0.3, -0.25) is 9.59 Å². The number of aromatic amines is 1. The predicted molar refractivity (Wildman–Crippen MR) is 114 cm³/mol. The molecule has 2 aromatic carbocycles. The summed E-state index contributed by atoms with van der Waals surface area (Å²) in [6.07, 6.45) is 1.95. The lowest BCUT2D eigenvalue weighted by molar-refractivity contribution is -0.136. The Bertz CT molecular complexity index is 1070. The van der Waals surface area contributed by atoms with Gasteiger partial charge in [0.2, 0.25) is 11.8 Å². The van der Waals surface area contributed by atoms with Gasteiger partial charge < -0.3 is 14.8 Å². The number of nitrogens with one attached hydrogen (secondary N) is 1. The zero-order chi connectivity index (χ0) is 20.7. The molecule has 2 aliphatic rings. The third-order valence-electron chi connectivity index (χ3n) is 6.41. The fraction of sp³-hybridized carbons (Fsp3) is 0.333. The number of H-pyrrole nitrogens is 1. The number of nitrogens with zero attached hydrogens (tertiary/aromatic N) is 2. The molecular formula is C24H24FN3O2. The number of rotatable bonds is 3. The van der Waals surface area contributed by atoms with Gasteiger partial charge in [-0.2, -0.15) is 0 Å². The maximum atomic E-state index is 14.1. The lowest BCUT2D eigenvalue weighted by atomic mass is 9.92. The molecule has 0 aliphatic carbocycles. The van der Waals surface area contributed by atoms with E-state index in [9.17, 15) is 14.0 Å². The average molecular weight is 405 g/mol. The van der Waals surface area contributed by atoms with Gasteiger partial charge in [-0.25, -0.2) is 4.39 Å². The first-order valence-corrected chi connectivity index (χ1v) is 10.5. The van der Waals surface area contributed by atoms with Crippen LogP contribution in [0.2, 0.25) is 0 Å². The predicted octanol–water partition coefficient (Wildman–Crippen LogP) is 4.07. The fourth-order valence-electron chi connectivity index (χ4n) is 4.76. The number of benzene rings is 2. The van der Waals surface area contributed by atoms with Crippen LogP contribution in [0.1, 0.15) is 30.9 Å². The first-order chi connectivity index (χ1) is 14.6. The minimum atomic E-state index is -0.432. The highest BCUT2D eigenvalue weighted by Crippen LogP contribution is 2.32. The number of fused-ring (bicyclic) bond motifs is 1. The third kappa shape index (κ3) is 3.36. The normalized spacial score (nSPS) is 20.3. The van der Waals surface area contributed by atoms with E-state index in [2.05, 4.69) is 23.2 Å². The molecule has 30 heavy (non-hydrogen) atoms. The molecule has 1 aromatic heterocycles. The Hall–Kier alpha value is -3.15. The highest BCUT2D eigenvalue weighted by molar-refractivity contribution is 6.00. The van der Waals surface area contributed by atoms with E-state index in [1.165, 1.54) is 22.0 Å². The summed E-state index contributed by atoms with van der Waals surface area (Å²) in [7, 11) is 0. The number of carbonyl (C=O) groups excluding carboxylic acids is 2. The van der Waals surface area contributed by atoms with E-state index in [1.54, 1.807) is 18.2 Å². The highest BCUT2D eigenvalue weighted by atomic mass is 19.1. The van der Waals surface area contributed by atoms with Crippen LogP contribution in [0.4, 0.5) is 10.1 Å². The van der Waals surface area contributed by atoms with Crippen LogP contribution in [0.25, 0.3) is 10.9 Å². The monoisotopic (exact) mass is 405 g/mol. The Morgan fingerprint density at radius 3 is 2.53 bits per heavy atom. The van der Waals surface area contributed by atoms with Gasteiger partial charge in [0, 0.05) is 43.2 Å². The summed E-state index contributed by atoms with van der Waals surface area (Å²) in [5, 5.41) is 1.21. The van der Waals surface area contributed by atoms with E-state index < -0.39 is 11.7 Å². The molecule has 1 N–H and O–H groups in total. The first-order valence-electron chi connectivity index (χ1n) is 10.5. The van der Waals surface area contributed by atoms with Crippen LogP contribution in [-0.4, -0.2) is 41.3 Å². The molecule has 0 radical (unpaired) electrons. The van der Waals surface area contributed by atoms with Crippen LogP contribution in [0.3, 0.4) is 0 Å². The van der Waals surface area contributed by atoms with Gasteiger partial charge in [-0.1, -0.05) is 30.3 Å². The number of likely N-dealkylation sites (tertiary alicyclic amines) is 1. The Morgan fingerprint density at radius 1 is 1.03 bits per heavy atom. The molecule has 0 bridgehead atoms. The molecule has 3 aromatic rings. The van der Waals surface area contributed by atoms with Gasteiger partial charge in [0.1, 0.15) is 5.82 Å². The standard InChI is InChI=1S/C24H24FN3O2/c25-19-6-2-4-8-22(19)28-15-18(14-23(28)29)24(30)27-11-9-16(10-12-27)21-13-17-5-1-3-7-20(17)26-21/h1-8,13,16,18,26H,9-12,14-15H2. The molecule has 5 rings (SSSR count). The minimum Gasteiger partial charge on any atom is -0.358 e. The van der Waals surface area contributed by atoms with Gasteiger partial charge in [0.25, 0.3) is 0 Å². The molecule has 2 aliphatic heterocycles. The average Bonchev–Trinajstić information content (AvgIpc) is 3.37. The molecule has 3 heterocycles. The highest BCUT2D eigenvalue weighted by Gasteiger charge is 2.39. The first kappa shape index (κ1) is 18.9. The second-order valence-corrected chi connectivity index (χ2v) is 8.27. The summed E-state index contributed by atoms with van der Waals surface area (Å²) in [6.45, 7) is 1.62. The second kappa shape index (κ2) is 7.59. The molecule has 2 fully saturated rings. The smallest absolute Gasteiger partial charge is 0.228 e. The molecule has 5 nitrogen and oxygen atoms in total. The Labute approximate surface area is 174 Å². The zero-order valence-corrected chi connectivity index (χ0v) is 16.7. The van der Waals surface area contributed by atoms with Crippen LogP contribution in [-0.2, 0) is 9.59 Å². The van der Waals surface area contributed by atoms with Crippen molar-refractivity contribution in [1.82, 2.24) is 9.88 Å². The van der Waals surface area contributed by atoms with Crippen LogP contribution >= 0.6 is 0 Å². The van der Waals surface area contributed by atoms with Crippen molar-refractivity contribution in [3.63, 3.8) is 0 Å². The maximum absolute atomic E-state index is 14.1. The van der Waals surface area contributed by atoms with Crippen LogP contribution < -0.4 is 4.90 Å². The fourth-order valence-corrected chi connectivity index (χ4v) is 4.76. The van der Waals surface area contributed by atoms with Crippen molar-refractivity contribution >= 4 is 28.4 Å². The van der Waals surface area contributed by atoms with Gasteiger partial charge in [-0.05, 0) is 42.5 Å². The Morgan fingerprint density at radius 2 is 1.77 bits per heavy atom. The minimum absolute atomic E-state index is 0.0114. The van der Waals surface area contributed by atoms with Gasteiger partial charge in [-0.15, -0.1) is 0 Å². The number of amides is 2. The number of aromatic nitrogens is 1. The lowest BCUT2D eigenvalue weighted by Crippen LogP contribution is -2.42. The Balaban J connectivity index is 1.23. The van der Waals surface area contributed by atoms with Crippen molar-refractivity contribution in [1.29, 1.82) is 0 Å². The third-order valence-corrected chi connectivity index (χ3v) is 6.41. The number of hydrogen-bond donors (Lipinski definition) is 1. The van der Waals surface area contributed by atoms with Gasteiger partial charge in [0.15, 0.2) is 0 Å².